The van der Waals surface area contributed by atoms with E-state index in [4.69, 9.17) is 5.26 Å². The monoisotopic (exact) mass is 264 g/mol. The van der Waals surface area contributed by atoms with Crippen molar-refractivity contribution in [1.29, 1.82) is 5.26 Å². The number of anilines is 1. The van der Waals surface area contributed by atoms with Crippen molar-refractivity contribution in [3.05, 3.63) is 28.2 Å². The number of nitriles is 1. The molecule has 1 saturated carbocycles. The van der Waals surface area contributed by atoms with E-state index in [1.807, 2.05) is 18.2 Å². The molecule has 1 aliphatic carbocycles. The van der Waals surface area contributed by atoms with Crippen molar-refractivity contribution in [1.82, 2.24) is 0 Å². The van der Waals surface area contributed by atoms with E-state index >= 15 is 0 Å². The predicted octanol–water partition coefficient (Wildman–Crippen LogP) is 3.53. The third-order valence-electron chi connectivity index (χ3n) is 2.84. The Labute approximate surface area is 98.4 Å². The molecule has 2 nitrogen and oxygen atoms in total. The maximum absolute atomic E-state index is 8.99. The lowest BCUT2D eigenvalue weighted by Gasteiger charge is -2.34. The Balaban J connectivity index is 2.11. The third-order valence-corrected chi connectivity index (χ3v) is 3.33. The molecule has 0 saturated heterocycles. The van der Waals surface area contributed by atoms with E-state index in [0.717, 1.165) is 16.1 Å². The Kier molecular flexibility index (Phi) is 2.97. The predicted molar refractivity (Wildman–Crippen MR) is 64.7 cm³/mol. The molecule has 1 N–H and O–H groups in total. The highest BCUT2D eigenvalue weighted by Gasteiger charge is 2.25. The topological polar surface area (TPSA) is 35.8 Å². The standard InChI is InChI=1S/C12H13BrN2/c1-8-4-11(5-8)15-12-3-2-10(13)6-9(12)7-14/h2-3,6,8,11,15H,4-5H2,1H3. The summed E-state index contributed by atoms with van der Waals surface area (Å²) in [5, 5.41) is 12.4. The number of nitrogens with zero attached hydrogens (tertiary/aromatic N) is 1. The van der Waals surface area contributed by atoms with Gasteiger partial charge in [-0.05, 0) is 37.0 Å². The molecule has 1 aliphatic rings. The largest absolute Gasteiger partial charge is 0.381 e. The molecule has 0 spiro atoms. The zero-order valence-electron chi connectivity index (χ0n) is 8.63. The summed E-state index contributed by atoms with van der Waals surface area (Å²) in [6.45, 7) is 2.25. The van der Waals surface area contributed by atoms with E-state index in [1.54, 1.807) is 0 Å². The number of nitrogens with one attached hydrogen (secondary N) is 1. The van der Waals surface area contributed by atoms with Crippen LogP contribution in [0.4, 0.5) is 5.69 Å². The molecular weight excluding hydrogens is 252 g/mol. The van der Waals surface area contributed by atoms with E-state index in [-0.39, 0.29) is 0 Å². The minimum absolute atomic E-state index is 0.549. The Morgan fingerprint density at radius 2 is 2.20 bits per heavy atom. The second-order valence-electron chi connectivity index (χ2n) is 4.22. The van der Waals surface area contributed by atoms with Gasteiger partial charge in [-0.3, -0.25) is 0 Å². The van der Waals surface area contributed by atoms with Gasteiger partial charge in [0.2, 0.25) is 0 Å². The van der Waals surface area contributed by atoms with Gasteiger partial charge in [0.1, 0.15) is 6.07 Å². The van der Waals surface area contributed by atoms with E-state index in [2.05, 4.69) is 34.2 Å². The van der Waals surface area contributed by atoms with Crippen molar-refractivity contribution in [3.8, 4) is 6.07 Å². The van der Waals surface area contributed by atoms with E-state index < -0.39 is 0 Å². The van der Waals surface area contributed by atoms with E-state index in [9.17, 15) is 0 Å². The highest BCUT2D eigenvalue weighted by molar-refractivity contribution is 9.10. The van der Waals surface area contributed by atoms with Crippen LogP contribution in [0.25, 0.3) is 0 Å². The van der Waals surface area contributed by atoms with Crippen LogP contribution in [0.5, 0.6) is 0 Å². The summed E-state index contributed by atoms with van der Waals surface area (Å²) in [4.78, 5) is 0. The minimum atomic E-state index is 0.549. The maximum atomic E-state index is 8.99. The average Bonchev–Trinajstić information content (AvgIpc) is 2.18. The molecule has 0 atom stereocenters. The number of rotatable bonds is 2. The first-order chi connectivity index (χ1) is 7.19. The molecule has 0 unspecified atom stereocenters. The molecule has 0 bridgehead atoms. The van der Waals surface area contributed by atoms with Gasteiger partial charge < -0.3 is 5.32 Å². The molecule has 0 heterocycles. The Hall–Kier alpha value is -1.01. The van der Waals surface area contributed by atoms with Gasteiger partial charge in [-0.15, -0.1) is 0 Å². The first-order valence-electron chi connectivity index (χ1n) is 5.15. The molecule has 1 aromatic carbocycles. The summed E-state index contributed by atoms with van der Waals surface area (Å²) in [5.74, 6) is 0.823. The third kappa shape index (κ3) is 2.32. The lowest BCUT2D eigenvalue weighted by Crippen LogP contribution is -2.33. The maximum Gasteiger partial charge on any atom is 0.101 e. The second kappa shape index (κ2) is 4.24. The molecule has 0 radical (unpaired) electrons. The van der Waals surface area contributed by atoms with Gasteiger partial charge in [-0.25, -0.2) is 0 Å². The molecule has 15 heavy (non-hydrogen) atoms. The van der Waals surface area contributed by atoms with Gasteiger partial charge >= 0.3 is 0 Å². The molecule has 78 valence electrons. The van der Waals surface area contributed by atoms with Gasteiger partial charge in [-0.2, -0.15) is 5.26 Å². The minimum Gasteiger partial charge on any atom is -0.381 e. The number of benzene rings is 1. The molecular formula is C12H13BrN2. The van der Waals surface area contributed by atoms with Gasteiger partial charge in [0, 0.05) is 10.5 Å². The van der Waals surface area contributed by atoms with Crippen molar-refractivity contribution in [2.45, 2.75) is 25.8 Å². The van der Waals surface area contributed by atoms with Crippen LogP contribution in [-0.4, -0.2) is 6.04 Å². The summed E-state index contributed by atoms with van der Waals surface area (Å²) >= 11 is 3.37. The van der Waals surface area contributed by atoms with Crippen LogP contribution in [0, 0.1) is 17.2 Å². The Bertz CT molecular complexity index is 403. The molecule has 1 fully saturated rings. The Morgan fingerprint density at radius 1 is 1.47 bits per heavy atom. The van der Waals surface area contributed by atoms with Crippen LogP contribution in [0.15, 0.2) is 22.7 Å². The van der Waals surface area contributed by atoms with Crippen LogP contribution in [-0.2, 0) is 0 Å². The van der Waals surface area contributed by atoms with Crippen LogP contribution >= 0.6 is 15.9 Å². The van der Waals surface area contributed by atoms with Crippen LogP contribution in [0.3, 0.4) is 0 Å². The van der Waals surface area contributed by atoms with Crippen molar-refractivity contribution in [3.63, 3.8) is 0 Å². The lowest BCUT2D eigenvalue weighted by atomic mass is 9.81. The molecule has 0 aromatic heterocycles. The molecule has 3 heteroatoms. The molecule has 1 aromatic rings. The zero-order chi connectivity index (χ0) is 10.8. The normalized spacial score (nSPS) is 24.1. The lowest BCUT2D eigenvalue weighted by molar-refractivity contribution is 0.309. The van der Waals surface area contributed by atoms with Crippen LogP contribution in [0.1, 0.15) is 25.3 Å². The molecule has 2 rings (SSSR count). The van der Waals surface area contributed by atoms with Crippen molar-refractivity contribution < 1.29 is 0 Å². The SMILES string of the molecule is CC1CC(Nc2ccc(Br)cc2C#N)C1. The first kappa shape index (κ1) is 10.5. The summed E-state index contributed by atoms with van der Waals surface area (Å²) in [5.41, 5.74) is 1.67. The summed E-state index contributed by atoms with van der Waals surface area (Å²) in [6, 6.07) is 8.54. The fraction of sp³-hybridized carbons (Fsp3) is 0.417. The van der Waals surface area contributed by atoms with E-state index in [0.29, 0.717) is 11.6 Å². The van der Waals surface area contributed by atoms with Crippen molar-refractivity contribution >= 4 is 21.6 Å². The van der Waals surface area contributed by atoms with Gasteiger partial charge in [-0.1, -0.05) is 22.9 Å². The highest BCUT2D eigenvalue weighted by Crippen LogP contribution is 2.31. The number of hydrogen-bond acceptors (Lipinski definition) is 2. The van der Waals surface area contributed by atoms with Gasteiger partial charge in [0.15, 0.2) is 0 Å². The average molecular weight is 265 g/mol. The summed E-state index contributed by atoms with van der Waals surface area (Å²) in [6.07, 6.45) is 2.42. The fourth-order valence-corrected chi connectivity index (χ4v) is 2.34. The van der Waals surface area contributed by atoms with E-state index in [1.165, 1.54) is 12.8 Å². The summed E-state index contributed by atoms with van der Waals surface area (Å²) < 4.78 is 0.951. The van der Waals surface area contributed by atoms with Gasteiger partial charge in [0.05, 0.1) is 11.3 Å². The first-order valence-corrected chi connectivity index (χ1v) is 5.94. The molecule has 0 amide bonds. The van der Waals surface area contributed by atoms with Gasteiger partial charge in [0.25, 0.3) is 0 Å². The summed E-state index contributed by atoms with van der Waals surface area (Å²) in [7, 11) is 0. The zero-order valence-corrected chi connectivity index (χ0v) is 10.2. The van der Waals surface area contributed by atoms with Crippen molar-refractivity contribution in [2.75, 3.05) is 5.32 Å². The number of halogens is 1. The Morgan fingerprint density at radius 3 is 2.80 bits per heavy atom. The second-order valence-corrected chi connectivity index (χ2v) is 5.14. The van der Waals surface area contributed by atoms with Crippen molar-refractivity contribution in [2.24, 2.45) is 5.92 Å². The smallest absolute Gasteiger partial charge is 0.101 e. The molecule has 0 aliphatic heterocycles. The van der Waals surface area contributed by atoms with Crippen LogP contribution < -0.4 is 5.32 Å². The van der Waals surface area contributed by atoms with Crippen LogP contribution in [0.2, 0.25) is 0 Å². The quantitative estimate of drug-likeness (QED) is 0.887. The highest BCUT2D eigenvalue weighted by atomic mass is 79.9. The number of hydrogen-bond donors (Lipinski definition) is 1. The fourth-order valence-electron chi connectivity index (χ4n) is 1.97.